The highest BCUT2D eigenvalue weighted by Gasteiger charge is 2.45. The average molecular weight is 449 g/mol. The third-order valence-corrected chi connectivity index (χ3v) is 5.94. The van der Waals surface area contributed by atoms with Crippen LogP contribution in [0.3, 0.4) is 0 Å². The van der Waals surface area contributed by atoms with E-state index in [1.165, 1.54) is 35.9 Å². The molecule has 8 nitrogen and oxygen atoms in total. The van der Waals surface area contributed by atoms with E-state index in [-0.39, 0.29) is 18.4 Å². The number of nitrogens with one attached hydrogen (secondary N) is 1. The molecule has 4 amide bonds. The maximum atomic E-state index is 13.2. The summed E-state index contributed by atoms with van der Waals surface area (Å²) >= 11 is 1.40. The standard InChI is InChI=1S/C23H20N4O4S/c1-15-4-6-17(7-5-15)26-20(28)14-19(23(26)31)27(21(29)13-18-3-2-12-32-18)25-22(30)16-8-10-24-11-9-16/h2-12,19H,13-14H2,1H3,(H,25,30). The van der Waals surface area contributed by atoms with Gasteiger partial charge in [0.05, 0.1) is 18.5 Å². The Morgan fingerprint density at radius 1 is 1.12 bits per heavy atom. The predicted molar refractivity (Wildman–Crippen MR) is 119 cm³/mol. The summed E-state index contributed by atoms with van der Waals surface area (Å²) in [6.45, 7) is 1.90. The van der Waals surface area contributed by atoms with Crippen molar-refractivity contribution >= 4 is 40.7 Å². The van der Waals surface area contributed by atoms with E-state index in [1.807, 2.05) is 18.4 Å². The summed E-state index contributed by atoms with van der Waals surface area (Å²) in [5, 5.41) is 2.84. The van der Waals surface area contributed by atoms with Gasteiger partial charge in [-0.1, -0.05) is 23.8 Å². The number of anilines is 1. The Morgan fingerprint density at radius 3 is 2.50 bits per heavy atom. The van der Waals surface area contributed by atoms with Crippen LogP contribution in [0.2, 0.25) is 0 Å². The fraction of sp³-hybridized carbons (Fsp3) is 0.174. The molecule has 32 heavy (non-hydrogen) atoms. The topological polar surface area (TPSA) is 99.7 Å². The van der Waals surface area contributed by atoms with Crippen molar-refractivity contribution < 1.29 is 19.2 Å². The molecule has 4 rings (SSSR count). The smallest absolute Gasteiger partial charge is 0.270 e. The molecule has 9 heteroatoms. The van der Waals surface area contributed by atoms with Crippen LogP contribution in [0.25, 0.3) is 0 Å². The Kier molecular flexibility index (Phi) is 6.09. The lowest BCUT2D eigenvalue weighted by Gasteiger charge is -2.28. The van der Waals surface area contributed by atoms with E-state index in [0.717, 1.165) is 20.3 Å². The molecule has 0 saturated carbocycles. The van der Waals surface area contributed by atoms with Gasteiger partial charge in [0, 0.05) is 22.8 Å². The third-order valence-electron chi connectivity index (χ3n) is 5.07. The number of rotatable bonds is 5. The zero-order chi connectivity index (χ0) is 22.7. The lowest BCUT2D eigenvalue weighted by molar-refractivity contribution is -0.140. The number of benzene rings is 1. The molecule has 0 bridgehead atoms. The monoisotopic (exact) mass is 448 g/mol. The van der Waals surface area contributed by atoms with Crippen molar-refractivity contribution in [2.45, 2.75) is 25.8 Å². The van der Waals surface area contributed by atoms with Gasteiger partial charge in [0.15, 0.2) is 0 Å². The normalized spacial score (nSPS) is 15.7. The fourth-order valence-electron chi connectivity index (χ4n) is 3.42. The van der Waals surface area contributed by atoms with Crippen LogP contribution in [0.4, 0.5) is 5.69 Å². The number of imide groups is 1. The number of pyridine rings is 1. The Labute approximate surface area is 188 Å². The molecule has 3 aromatic rings. The molecule has 1 fully saturated rings. The zero-order valence-corrected chi connectivity index (χ0v) is 18.0. The number of hydrazine groups is 1. The van der Waals surface area contributed by atoms with Gasteiger partial charge in [-0.3, -0.25) is 29.6 Å². The van der Waals surface area contributed by atoms with Gasteiger partial charge in [-0.15, -0.1) is 11.3 Å². The number of carbonyl (C=O) groups excluding carboxylic acids is 4. The van der Waals surface area contributed by atoms with Gasteiger partial charge in [-0.05, 0) is 42.6 Å². The molecular formula is C23H20N4O4S. The zero-order valence-electron chi connectivity index (χ0n) is 17.2. The minimum Gasteiger partial charge on any atom is -0.274 e. The Balaban J connectivity index is 1.62. The van der Waals surface area contributed by atoms with Gasteiger partial charge in [0.1, 0.15) is 6.04 Å². The van der Waals surface area contributed by atoms with Crippen molar-refractivity contribution in [3.05, 3.63) is 82.3 Å². The lowest BCUT2D eigenvalue weighted by atomic mass is 10.2. The maximum Gasteiger partial charge on any atom is 0.270 e. The summed E-state index contributed by atoms with van der Waals surface area (Å²) in [5.74, 6) is -2.04. The molecule has 0 radical (unpaired) electrons. The first-order valence-corrected chi connectivity index (χ1v) is 10.8. The van der Waals surface area contributed by atoms with Gasteiger partial charge >= 0.3 is 0 Å². The average Bonchev–Trinajstić information content (AvgIpc) is 3.40. The molecule has 1 atom stereocenters. The first kappa shape index (κ1) is 21.4. The van der Waals surface area contributed by atoms with E-state index in [2.05, 4.69) is 10.4 Å². The number of aromatic nitrogens is 1. The van der Waals surface area contributed by atoms with Crippen LogP contribution < -0.4 is 10.3 Å². The predicted octanol–water partition coefficient (Wildman–Crippen LogP) is 2.50. The number of nitrogens with zero attached hydrogens (tertiary/aromatic N) is 3. The summed E-state index contributed by atoms with van der Waals surface area (Å²) in [7, 11) is 0. The second-order valence-electron chi connectivity index (χ2n) is 7.32. The summed E-state index contributed by atoms with van der Waals surface area (Å²) in [5.41, 5.74) is 4.24. The van der Waals surface area contributed by atoms with Crippen LogP contribution in [-0.2, 0) is 20.8 Å². The van der Waals surface area contributed by atoms with Gasteiger partial charge in [0.25, 0.3) is 11.8 Å². The van der Waals surface area contributed by atoms with E-state index in [9.17, 15) is 19.2 Å². The largest absolute Gasteiger partial charge is 0.274 e. The van der Waals surface area contributed by atoms with Gasteiger partial charge < -0.3 is 0 Å². The maximum absolute atomic E-state index is 13.2. The third kappa shape index (κ3) is 4.42. The van der Waals surface area contributed by atoms with E-state index in [0.29, 0.717) is 5.69 Å². The lowest BCUT2D eigenvalue weighted by Crippen LogP contribution is -2.55. The molecule has 0 aliphatic carbocycles. The van der Waals surface area contributed by atoms with Crippen molar-refractivity contribution in [3.8, 4) is 0 Å². The number of hydrogen-bond donors (Lipinski definition) is 1. The molecule has 1 aromatic carbocycles. The quantitative estimate of drug-likeness (QED) is 0.478. The fourth-order valence-corrected chi connectivity index (χ4v) is 4.12. The highest BCUT2D eigenvalue weighted by atomic mass is 32.1. The number of thiophene rings is 1. The molecule has 1 N–H and O–H groups in total. The molecule has 0 spiro atoms. The number of hydrogen-bond acceptors (Lipinski definition) is 6. The van der Waals surface area contributed by atoms with Crippen LogP contribution >= 0.6 is 11.3 Å². The first-order valence-electron chi connectivity index (χ1n) is 9.93. The van der Waals surface area contributed by atoms with E-state index in [1.54, 1.807) is 30.3 Å². The van der Waals surface area contributed by atoms with Crippen LogP contribution in [0.15, 0.2) is 66.3 Å². The number of carbonyl (C=O) groups is 4. The van der Waals surface area contributed by atoms with Crippen molar-refractivity contribution in [1.29, 1.82) is 0 Å². The summed E-state index contributed by atoms with van der Waals surface area (Å²) < 4.78 is 0. The summed E-state index contributed by atoms with van der Waals surface area (Å²) in [6, 6.07) is 12.4. The molecular weight excluding hydrogens is 428 g/mol. The van der Waals surface area contributed by atoms with Crippen molar-refractivity contribution in [2.24, 2.45) is 0 Å². The van der Waals surface area contributed by atoms with Crippen LogP contribution in [-0.4, -0.2) is 39.7 Å². The molecule has 1 aliphatic rings. The van der Waals surface area contributed by atoms with Gasteiger partial charge in [-0.2, -0.15) is 0 Å². The molecule has 162 valence electrons. The molecule has 1 saturated heterocycles. The second-order valence-corrected chi connectivity index (χ2v) is 8.35. The minimum atomic E-state index is -1.14. The summed E-state index contributed by atoms with van der Waals surface area (Å²) in [6.07, 6.45) is 2.68. The molecule has 2 aromatic heterocycles. The van der Waals surface area contributed by atoms with E-state index in [4.69, 9.17) is 0 Å². The highest BCUT2D eigenvalue weighted by molar-refractivity contribution is 7.10. The Morgan fingerprint density at radius 2 is 1.84 bits per heavy atom. The van der Waals surface area contributed by atoms with Crippen molar-refractivity contribution in [1.82, 2.24) is 15.4 Å². The van der Waals surface area contributed by atoms with E-state index < -0.39 is 29.7 Å². The Hall–Kier alpha value is -3.85. The van der Waals surface area contributed by atoms with Crippen molar-refractivity contribution in [3.63, 3.8) is 0 Å². The minimum absolute atomic E-state index is 0.00318. The molecule has 1 aliphatic heterocycles. The van der Waals surface area contributed by atoms with Crippen LogP contribution in [0.5, 0.6) is 0 Å². The second kappa shape index (κ2) is 9.11. The van der Waals surface area contributed by atoms with E-state index >= 15 is 0 Å². The number of aryl methyl sites for hydroxylation is 1. The molecule has 1 unspecified atom stereocenters. The highest BCUT2D eigenvalue weighted by Crippen LogP contribution is 2.26. The van der Waals surface area contributed by atoms with Gasteiger partial charge in [-0.25, -0.2) is 9.91 Å². The van der Waals surface area contributed by atoms with Gasteiger partial charge in [0.2, 0.25) is 11.8 Å². The van der Waals surface area contributed by atoms with Crippen molar-refractivity contribution in [2.75, 3.05) is 4.90 Å². The Bertz CT molecular complexity index is 1150. The summed E-state index contributed by atoms with van der Waals surface area (Å²) in [4.78, 5) is 57.6. The number of amides is 4. The van der Waals surface area contributed by atoms with Crippen LogP contribution in [0.1, 0.15) is 27.2 Å². The SMILES string of the molecule is Cc1ccc(N2C(=O)CC(N(NC(=O)c3ccncc3)C(=O)Cc3cccs3)C2=O)cc1. The molecule has 3 heterocycles. The first-order chi connectivity index (χ1) is 15.4. The van der Waals surface area contributed by atoms with Crippen LogP contribution in [0, 0.1) is 6.92 Å².